The fourth-order valence-corrected chi connectivity index (χ4v) is 6.09. The third kappa shape index (κ3) is 4.62. The zero-order chi connectivity index (χ0) is 18.5. The summed E-state index contributed by atoms with van der Waals surface area (Å²) in [6.07, 6.45) is 6.02. The molecule has 0 spiro atoms. The Balaban J connectivity index is 1.34. The van der Waals surface area contributed by atoms with E-state index in [2.05, 4.69) is 40.4 Å². The predicted octanol–water partition coefficient (Wildman–Crippen LogP) is 5.46. The van der Waals surface area contributed by atoms with Crippen molar-refractivity contribution in [3.63, 3.8) is 0 Å². The van der Waals surface area contributed by atoms with Crippen molar-refractivity contribution in [2.24, 2.45) is 5.92 Å². The van der Waals surface area contributed by atoms with Crippen LogP contribution in [0.4, 0.5) is 0 Å². The normalized spacial score (nSPS) is 19.4. The maximum Gasteiger partial charge on any atom is 0.224 e. The Bertz CT molecular complexity index is 884. The number of thiophene rings is 1. The lowest BCUT2D eigenvalue weighted by Crippen LogP contribution is -2.36. The van der Waals surface area contributed by atoms with Crippen molar-refractivity contribution in [3.8, 4) is 0 Å². The van der Waals surface area contributed by atoms with Gasteiger partial charge in [0.15, 0.2) is 0 Å². The van der Waals surface area contributed by atoms with Crippen LogP contribution in [0.25, 0.3) is 10.2 Å². The first-order valence-corrected chi connectivity index (χ1v) is 12.1. The Kier molecular flexibility index (Phi) is 6.27. The molecule has 1 aromatic carbocycles. The number of nitrogens with zero attached hydrogens (tertiary/aromatic N) is 1. The molecule has 1 aliphatic carbocycles. The van der Waals surface area contributed by atoms with E-state index >= 15 is 0 Å². The number of benzene rings is 1. The van der Waals surface area contributed by atoms with Gasteiger partial charge in [0.25, 0.3) is 0 Å². The number of aromatic nitrogens is 1. The lowest BCUT2D eigenvalue weighted by atomic mass is 9.82. The quantitative estimate of drug-likeness (QED) is 0.412. The molecule has 0 radical (unpaired) electrons. The number of carbonyl (C=O) groups excluding carboxylic acids is 1. The zero-order valence-electron chi connectivity index (χ0n) is 15.0. The first kappa shape index (κ1) is 18.7. The van der Waals surface area contributed by atoms with E-state index in [4.69, 9.17) is 4.98 Å². The topological polar surface area (TPSA) is 42.0 Å². The fourth-order valence-electron chi connectivity index (χ4n) is 3.37. The average molecular weight is 415 g/mol. The molecular weight excluding hydrogens is 392 g/mol. The van der Waals surface area contributed by atoms with Gasteiger partial charge in [-0.1, -0.05) is 24.3 Å². The van der Waals surface area contributed by atoms with E-state index in [-0.39, 0.29) is 17.7 Å². The minimum Gasteiger partial charge on any atom is -0.355 e. The molecule has 3 aromatic rings. The van der Waals surface area contributed by atoms with Crippen LogP contribution < -0.4 is 5.32 Å². The number of fused-ring (bicyclic) bond motifs is 1. The number of thiazole rings is 1. The molecule has 3 nitrogen and oxygen atoms in total. The number of amides is 1. The molecule has 0 bridgehead atoms. The number of thioether (sulfide) groups is 1. The number of carbonyl (C=O) groups is 1. The number of nitrogens with one attached hydrogen (secondary N) is 1. The Labute approximate surface area is 171 Å². The maximum absolute atomic E-state index is 12.8. The molecule has 2 unspecified atom stereocenters. The molecule has 6 heteroatoms. The number of allylic oxidation sites excluding steroid dienone is 2. The fraction of sp³-hybridized carbons (Fsp3) is 0.333. The van der Waals surface area contributed by atoms with Crippen molar-refractivity contribution in [1.82, 2.24) is 10.3 Å². The van der Waals surface area contributed by atoms with E-state index in [1.54, 1.807) is 22.7 Å². The van der Waals surface area contributed by atoms with E-state index in [0.717, 1.165) is 41.4 Å². The standard InChI is InChI=1S/C21H22N2OS3/c24-20(22-10-12-26-14-15-9-11-25-13-15)16-5-1-2-6-17(16)21-23-18-7-3-4-8-19(18)27-21/h1-4,7-9,11,13,16-17H,5-6,10,12,14H2,(H,22,24). The summed E-state index contributed by atoms with van der Waals surface area (Å²) in [6, 6.07) is 10.4. The van der Waals surface area contributed by atoms with Gasteiger partial charge in [0, 0.05) is 24.0 Å². The molecular formula is C21H22N2OS3. The Morgan fingerprint density at radius 2 is 2.11 bits per heavy atom. The monoisotopic (exact) mass is 414 g/mol. The molecule has 1 amide bonds. The summed E-state index contributed by atoms with van der Waals surface area (Å²) in [5, 5.41) is 8.53. The van der Waals surface area contributed by atoms with Crippen molar-refractivity contribution in [2.75, 3.05) is 12.3 Å². The van der Waals surface area contributed by atoms with Crippen molar-refractivity contribution in [3.05, 3.63) is 63.8 Å². The molecule has 1 aliphatic rings. The molecule has 4 rings (SSSR count). The summed E-state index contributed by atoms with van der Waals surface area (Å²) in [7, 11) is 0. The minimum atomic E-state index is -0.0163. The number of para-hydroxylation sites is 1. The van der Waals surface area contributed by atoms with Crippen LogP contribution in [0.15, 0.2) is 53.2 Å². The third-order valence-electron chi connectivity index (χ3n) is 4.79. The van der Waals surface area contributed by atoms with Crippen LogP contribution in [0, 0.1) is 5.92 Å². The second-order valence-corrected chi connectivity index (χ2v) is 9.60. The minimum absolute atomic E-state index is 0.0163. The molecule has 1 N–H and O–H groups in total. The van der Waals surface area contributed by atoms with Crippen LogP contribution in [-0.2, 0) is 10.5 Å². The van der Waals surface area contributed by atoms with Gasteiger partial charge in [-0.2, -0.15) is 23.1 Å². The van der Waals surface area contributed by atoms with Gasteiger partial charge in [-0.05, 0) is 47.4 Å². The van der Waals surface area contributed by atoms with Gasteiger partial charge in [-0.3, -0.25) is 4.79 Å². The van der Waals surface area contributed by atoms with Gasteiger partial charge in [-0.25, -0.2) is 4.98 Å². The smallest absolute Gasteiger partial charge is 0.224 e. The van der Waals surface area contributed by atoms with Gasteiger partial charge in [0.05, 0.1) is 21.1 Å². The second-order valence-electron chi connectivity index (χ2n) is 6.65. The highest BCUT2D eigenvalue weighted by Gasteiger charge is 2.32. The van der Waals surface area contributed by atoms with E-state index in [1.807, 2.05) is 30.0 Å². The van der Waals surface area contributed by atoms with Crippen molar-refractivity contribution >= 4 is 50.6 Å². The molecule has 0 aliphatic heterocycles. The van der Waals surface area contributed by atoms with E-state index < -0.39 is 0 Å². The molecule has 0 saturated heterocycles. The first-order valence-electron chi connectivity index (χ1n) is 9.18. The SMILES string of the molecule is O=C(NCCSCc1ccsc1)C1CC=CCC1c1nc2ccccc2s1. The summed E-state index contributed by atoms with van der Waals surface area (Å²) in [5.41, 5.74) is 2.40. The van der Waals surface area contributed by atoms with Crippen LogP contribution >= 0.6 is 34.4 Å². The molecule has 2 atom stereocenters. The molecule has 27 heavy (non-hydrogen) atoms. The van der Waals surface area contributed by atoms with Crippen LogP contribution in [0.1, 0.15) is 29.3 Å². The Morgan fingerprint density at radius 3 is 2.96 bits per heavy atom. The van der Waals surface area contributed by atoms with Crippen LogP contribution in [0.3, 0.4) is 0 Å². The van der Waals surface area contributed by atoms with Gasteiger partial charge in [-0.15, -0.1) is 11.3 Å². The van der Waals surface area contributed by atoms with Gasteiger partial charge >= 0.3 is 0 Å². The Morgan fingerprint density at radius 1 is 1.22 bits per heavy atom. The van der Waals surface area contributed by atoms with Crippen LogP contribution in [0.5, 0.6) is 0 Å². The van der Waals surface area contributed by atoms with Gasteiger partial charge < -0.3 is 5.32 Å². The summed E-state index contributed by atoms with van der Waals surface area (Å²) >= 11 is 5.33. The van der Waals surface area contributed by atoms with Crippen molar-refractivity contribution in [1.29, 1.82) is 0 Å². The highest BCUT2D eigenvalue weighted by Crippen LogP contribution is 2.38. The van der Waals surface area contributed by atoms with Gasteiger partial charge in [0.1, 0.15) is 0 Å². The number of rotatable bonds is 7. The summed E-state index contributed by atoms with van der Waals surface area (Å²) in [5.74, 6) is 2.29. The largest absolute Gasteiger partial charge is 0.355 e. The first-order chi connectivity index (χ1) is 13.3. The zero-order valence-corrected chi connectivity index (χ0v) is 17.4. The summed E-state index contributed by atoms with van der Waals surface area (Å²) in [4.78, 5) is 17.6. The molecule has 0 saturated carbocycles. The second kappa shape index (κ2) is 9.04. The lowest BCUT2D eigenvalue weighted by Gasteiger charge is -2.26. The van der Waals surface area contributed by atoms with E-state index in [9.17, 15) is 4.79 Å². The maximum atomic E-state index is 12.8. The number of hydrogen-bond donors (Lipinski definition) is 1. The average Bonchev–Trinajstić information content (AvgIpc) is 3.37. The Hall–Kier alpha value is -1.63. The van der Waals surface area contributed by atoms with Gasteiger partial charge in [0.2, 0.25) is 5.91 Å². The van der Waals surface area contributed by atoms with E-state index in [1.165, 1.54) is 10.3 Å². The van der Waals surface area contributed by atoms with Crippen molar-refractivity contribution < 1.29 is 4.79 Å². The molecule has 140 valence electrons. The summed E-state index contributed by atoms with van der Waals surface area (Å²) in [6.45, 7) is 0.723. The number of hydrogen-bond acceptors (Lipinski definition) is 5. The predicted molar refractivity (Wildman–Crippen MR) is 118 cm³/mol. The summed E-state index contributed by atoms with van der Waals surface area (Å²) < 4.78 is 1.20. The lowest BCUT2D eigenvalue weighted by molar-refractivity contribution is -0.125. The van der Waals surface area contributed by atoms with E-state index in [0.29, 0.717) is 0 Å². The highest BCUT2D eigenvalue weighted by atomic mass is 32.2. The molecule has 2 heterocycles. The van der Waals surface area contributed by atoms with Crippen LogP contribution in [-0.4, -0.2) is 23.2 Å². The highest BCUT2D eigenvalue weighted by molar-refractivity contribution is 7.98. The molecule has 0 fully saturated rings. The van der Waals surface area contributed by atoms with Crippen LogP contribution in [0.2, 0.25) is 0 Å². The third-order valence-corrected chi connectivity index (χ3v) is 7.72. The molecule has 2 aromatic heterocycles. The van der Waals surface area contributed by atoms with Crippen molar-refractivity contribution in [2.45, 2.75) is 24.5 Å².